The summed E-state index contributed by atoms with van der Waals surface area (Å²) in [6.45, 7) is 0. The Bertz CT molecular complexity index is 583. The van der Waals surface area contributed by atoms with Gasteiger partial charge in [-0.15, -0.1) is 11.3 Å². The van der Waals surface area contributed by atoms with Gasteiger partial charge in [-0.05, 0) is 12.1 Å². The zero-order valence-corrected chi connectivity index (χ0v) is 11.6. The first kappa shape index (κ1) is 13.4. The van der Waals surface area contributed by atoms with Crippen molar-refractivity contribution in [3.05, 3.63) is 35.3 Å². The number of rotatable bonds is 4. The highest BCUT2D eigenvalue weighted by atomic mass is 32.1. The maximum absolute atomic E-state index is 12.2. The molecule has 19 heavy (non-hydrogen) atoms. The fourth-order valence-electron chi connectivity index (χ4n) is 1.72. The maximum atomic E-state index is 12.2. The van der Waals surface area contributed by atoms with Gasteiger partial charge in [-0.3, -0.25) is 4.79 Å². The van der Waals surface area contributed by atoms with E-state index in [0.717, 1.165) is 5.69 Å². The van der Waals surface area contributed by atoms with Gasteiger partial charge in [-0.25, -0.2) is 4.98 Å². The minimum absolute atomic E-state index is 0.0604. The zero-order chi connectivity index (χ0) is 13.8. The Labute approximate surface area is 115 Å². The van der Waals surface area contributed by atoms with Gasteiger partial charge in [0.1, 0.15) is 5.75 Å². The first-order chi connectivity index (χ1) is 9.11. The standard InChI is InChI=1S/C13H15N3O2S/c1-16(10-5-3-4-6-11(10)18-2)12(17)7-9-8-19-13(14)15-9/h3-6,8H,7H2,1-2H3,(H2,14,15). The van der Waals surface area contributed by atoms with Crippen LogP contribution in [-0.2, 0) is 11.2 Å². The van der Waals surface area contributed by atoms with E-state index in [9.17, 15) is 4.79 Å². The lowest BCUT2D eigenvalue weighted by Gasteiger charge is -2.19. The SMILES string of the molecule is COc1ccccc1N(C)C(=O)Cc1csc(N)n1. The smallest absolute Gasteiger partial charge is 0.232 e. The van der Waals surface area contributed by atoms with Crippen LogP contribution in [-0.4, -0.2) is 25.0 Å². The number of ether oxygens (including phenoxy) is 1. The summed E-state index contributed by atoms with van der Waals surface area (Å²) in [6.07, 6.45) is 0.224. The molecule has 100 valence electrons. The molecule has 0 aliphatic heterocycles. The molecule has 0 spiro atoms. The lowest BCUT2D eigenvalue weighted by atomic mass is 10.2. The number of anilines is 2. The number of likely N-dealkylation sites (N-methyl/N-ethyl adjacent to an activating group) is 1. The predicted molar refractivity (Wildman–Crippen MR) is 76.6 cm³/mol. The second-order valence-corrected chi connectivity index (χ2v) is 4.87. The molecule has 0 aliphatic carbocycles. The molecule has 6 heteroatoms. The Morgan fingerprint density at radius 2 is 2.21 bits per heavy atom. The quantitative estimate of drug-likeness (QED) is 0.927. The van der Waals surface area contributed by atoms with E-state index < -0.39 is 0 Å². The molecule has 0 radical (unpaired) electrons. The Kier molecular flexibility index (Phi) is 4.01. The molecular weight excluding hydrogens is 262 g/mol. The monoisotopic (exact) mass is 277 g/mol. The van der Waals surface area contributed by atoms with Crippen molar-refractivity contribution in [3.63, 3.8) is 0 Å². The number of carbonyl (C=O) groups is 1. The molecule has 0 bridgehead atoms. The van der Waals surface area contributed by atoms with Crippen LogP contribution in [0.25, 0.3) is 0 Å². The van der Waals surface area contributed by atoms with E-state index in [0.29, 0.717) is 16.6 Å². The van der Waals surface area contributed by atoms with Crippen LogP contribution >= 0.6 is 11.3 Å². The molecule has 0 unspecified atom stereocenters. The van der Waals surface area contributed by atoms with Crippen molar-refractivity contribution in [3.8, 4) is 5.75 Å². The summed E-state index contributed by atoms with van der Waals surface area (Å²) >= 11 is 1.33. The number of hydrogen-bond donors (Lipinski definition) is 1. The number of aromatic nitrogens is 1. The highest BCUT2D eigenvalue weighted by Gasteiger charge is 2.16. The molecule has 1 heterocycles. The normalized spacial score (nSPS) is 10.2. The van der Waals surface area contributed by atoms with Crippen LogP contribution in [0, 0.1) is 0 Å². The summed E-state index contributed by atoms with van der Waals surface area (Å²) in [7, 11) is 3.30. The van der Waals surface area contributed by atoms with Gasteiger partial charge >= 0.3 is 0 Å². The molecule has 5 nitrogen and oxygen atoms in total. The van der Waals surface area contributed by atoms with Gasteiger partial charge in [0.05, 0.1) is 24.9 Å². The molecule has 0 fully saturated rings. The molecule has 0 aliphatic rings. The molecule has 0 saturated heterocycles. The van der Waals surface area contributed by atoms with Crippen molar-refractivity contribution in [1.82, 2.24) is 4.98 Å². The topological polar surface area (TPSA) is 68.5 Å². The largest absolute Gasteiger partial charge is 0.495 e. The van der Waals surface area contributed by atoms with Gasteiger partial charge in [-0.1, -0.05) is 12.1 Å². The van der Waals surface area contributed by atoms with Crippen molar-refractivity contribution in [1.29, 1.82) is 0 Å². The minimum Gasteiger partial charge on any atom is -0.495 e. The second-order valence-electron chi connectivity index (χ2n) is 3.98. The number of hydrogen-bond acceptors (Lipinski definition) is 5. The summed E-state index contributed by atoms with van der Waals surface area (Å²) in [5.41, 5.74) is 6.97. The predicted octanol–water partition coefficient (Wildman–Crippen LogP) is 1.94. The average molecular weight is 277 g/mol. The number of nitrogen functional groups attached to an aromatic ring is 1. The van der Waals surface area contributed by atoms with Crippen LogP contribution in [0.15, 0.2) is 29.6 Å². The van der Waals surface area contributed by atoms with E-state index in [1.54, 1.807) is 24.4 Å². The number of nitrogens with two attached hydrogens (primary N) is 1. The molecule has 1 amide bonds. The van der Waals surface area contributed by atoms with E-state index in [2.05, 4.69) is 4.98 Å². The minimum atomic E-state index is -0.0604. The van der Waals surface area contributed by atoms with E-state index >= 15 is 0 Å². The van der Waals surface area contributed by atoms with Crippen LogP contribution in [0.1, 0.15) is 5.69 Å². The van der Waals surface area contributed by atoms with Crippen LogP contribution in [0.4, 0.5) is 10.8 Å². The summed E-state index contributed by atoms with van der Waals surface area (Å²) in [5, 5.41) is 2.27. The Morgan fingerprint density at radius 1 is 1.47 bits per heavy atom. The first-order valence-electron chi connectivity index (χ1n) is 5.71. The van der Waals surface area contributed by atoms with Gasteiger partial charge in [0.15, 0.2) is 5.13 Å². The van der Waals surface area contributed by atoms with Gasteiger partial charge < -0.3 is 15.4 Å². The lowest BCUT2D eigenvalue weighted by Crippen LogP contribution is -2.28. The molecule has 0 atom stereocenters. The molecule has 1 aromatic carbocycles. The molecule has 1 aromatic heterocycles. The van der Waals surface area contributed by atoms with Crippen LogP contribution in [0.3, 0.4) is 0 Å². The van der Waals surface area contributed by atoms with E-state index in [4.69, 9.17) is 10.5 Å². The highest BCUT2D eigenvalue weighted by Crippen LogP contribution is 2.27. The lowest BCUT2D eigenvalue weighted by molar-refractivity contribution is -0.117. The number of para-hydroxylation sites is 2. The third-order valence-electron chi connectivity index (χ3n) is 2.72. The Hall–Kier alpha value is -2.08. The molecule has 2 N–H and O–H groups in total. The number of benzene rings is 1. The number of carbonyl (C=O) groups excluding carboxylic acids is 1. The molecule has 2 rings (SSSR count). The van der Waals surface area contributed by atoms with Gasteiger partial charge in [0, 0.05) is 12.4 Å². The van der Waals surface area contributed by atoms with Crippen molar-refractivity contribution in [2.45, 2.75) is 6.42 Å². The number of methoxy groups -OCH3 is 1. The summed E-state index contributed by atoms with van der Waals surface area (Å²) < 4.78 is 5.24. The third kappa shape index (κ3) is 3.03. The molecule has 2 aromatic rings. The van der Waals surface area contributed by atoms with Crippen LogP contribution in [0.5, 0.6) is 5.75 Å². The Morgan fingerprint density at radius 3 is 2.84 bits per heavy atom. The highest BCUT2D eigenvalue weighted by molar-refractivity contribution is 7.13. The number of amides is 1. The Balaban J connectivity index is 2.14. The number of thiazole rings is 1. The summed E-state index contributed by atoms with van der Waals surface area (Å²) in [6, 6.07) is 7.39. The van der Waals surface area contributed by atoms with Gasteiger partial charge in [0.2, 0.25) is 5.91 Å². The van der Waals surface area contributed by atoms with Gasteiger partial charge in [-0.2, -0.15) is 0 Å². The van der Waals surface area contributed by atoms with Crippen LogP contribution in [0.2, 0.25) is 0 Å². The summed E-state index contributed by atoms with van der Waals surface area (Å²) in [5.74, 6) is 0.603. The molecule has 0 saturated carbocycles. The van der Waals surface area contributed by atoms with Crippen molar-refractivity contribution in [2.24, 2.45) is 0 Å². The maximum Gasteiger partial charge on any atom is 0.232 e. The van der Waals surface area contributed by atoms with Gasteiger partial charge in [0.25, 0.3) is 0 Å². The zero-order valence-electron chi connectivity index (χ0n) is 10.8. The fraction of sp³-hybridized carbons (Fsp3) is 0.231. The fourth-order valence-corrected chi connectivity index (χ4v) is 2.28. The van der Waals surface area contributed by atoms with E-state index in [-0.39, 0.29) is 12.3 Å². The number of nitrogens with zero attached hydrogens (tertiary/aromatic N) is 2. The van der Waals surface area contributed by atoms with E-state index in [1.165, 1.54) is 11.3 Å². The molecular formula is C13H15N3O2S. The third-order valence-corrected chi connectivity index (χ3v) is 3.45. The van der Waals surface area contributed by atoms with Crippen molar-refractivity contribution >= 4 is 28.1 Å². The average Bonchev–Trinajstić information content (AvgIpc) is 2.83. The second kappa shape index (κ2) is 5.71. The summed E-state index contributed by atoms with van der Waals surface area (Å²) in [4.78, 5) is 17.8. The first-order valence-corrected chi connectivity index (χ1v) is 6.59. The van der Waals surface area contributed by atoms with E-state index in [1.807, 2.05) is 24.3 Å². The van der Waals surface area contributed by atoms with Crippen molar-refractivity contribution in [2.75, 3.05) is 24.8 Å². The van der Waals surface area contributed by atoms with Crippen LogP contribution < -0.4 is 15.4 Å². The van der Waals surface area contributed by atoms with Crippen molar-refractivity contribution < 1.29 is 9.53 Å².